The van der Waals surface area contributed by atoms with Gasteiger partial charge < -0.3 is 9.84 Å². The van der Waals surface area contributed by atoms with Gasteiger partial charge in [-0.1, -0.05) is 46.3 Å². The number of benzene rings is 1. The lowest BCUT2D eigenvalue weighted by atomic mass is 9.87. The Morgan fingerprint density at radius 2 is 2.06 bits per heavy atom. The molecule has 1 fully saturated rings. The van der Waals surface area contributed by atoms with Gasteiger partial charge >= 0.3 is 0 Å². The lowest BCUT2D eigenvalue weighted by molar-refractivity contribution is -0.129. The molecule has 17 heavy (non-hydrogen) atoms. The Hall–Kier alpha value is 0.160. The lowest BCUT2D eigenvalue weighted by Crippen LogP contribution is -2.40. The number of alkyl halides is 1. The van der Waals surface area contributed by atoms with Gasteiger partial charge in [-0.15, -0.1) is 0 Å². The van der Waals surface area contributed by atoms with Crippen molar-refractivity contribution in [3.63, 3.8) is 0 Å². The lowest BCUT2D eigenvalue weighted by Gasteiger charge is -2.39. The van der Waals surface area contributed by atoms with E-state index >= 15 is 0 Å². The summed E-state index contributed by atoms with van der Waals surface area (Å²) in [6.45, 7) is 1.89. The van der Waals surface area contributed by atoms with Crippen LogP contribution >= 0.6 is 34.2 Å². The average Bonchev–Trinajstić information content (AvgIpc) is 2.27. The topological polar surface area (TPSA) is 29.5 Å². The maximum Gasteiger partial charge on any atom is 0.0856 e. The molecule has 4 heteroatoms. The van der Waals surface area contributed by atoms with Crippen LogP contribution in [0, 0.1) is 0 Å². The van der Waals surface area contributed by atoms with E-state index in [4.69, 9.17) is 16.3 Å². The summed E-state index contributed by atoms with van der Waals surface area (Å²) in [7, 11) is 0. The molecule has 0 aliphatic carbocycles. The van der Waals surface area contributed by atoms with E-state index in [1.165, 1.54) is 0 Å². The zero-order valence-electron chi connectivity index (χ0n) is 9.70. The second-order valence-electron chi connectivity index (χ2n) is 4.86. The molecule has 1 heterocycles. The number of hydrogen-bond acceptors (Lipinski definition) is 2. The Morgan fingerprint density at radius 1 is 1.41 bits per heavy atom. The molecule has 94 valence electrons. The summed E-state index contributed by atoms with van der Waals surface area (Å²) in [5.74, 6) is 0. The van der Waals surface area contributed by atoms with Crippen LogP contribution in [0.2, 0.25) is 5.02 Å². The van der Waals surface area contributed by atoms with Crippen molar-refractivity contribution in [1.29, 1.82) is 0 Å². The van der Waals surface area contributed by atoms with Crippen LogP contribution in [0.1, 0.15) is 31.4 Å². The van der Waals surface area contributed by atoms with Crippen LogP contribution in [0.25, 0.3) is 0 Å². The van der Waals surface area contributed by atoms with Gasteiger partial charge in [0.15, 0.2) is 0 Å². The molecule has 1 aliphatic heterocycles. The monoisotopic (exact) mass is 366 g/mol. The second-order valence-corrected chi connectivity index (χ2v) is 6.18. The van der Waals surface area contributed by atoms with E-state index < -0.39 is 5.60 Å². The fraction of sp³-hybridized carbons (Fsp3) is 0.538. The quantitative estimate of drug-likeness (QED) is 0.638. The molecule has 2 rings (SSSR count). The number of ether oxygens (including phenoxy) is 1. The van der Waals surface area contributed by atoms with Gasteiger partial charge in [-0.05, 0) is 24.6 Å². The van der Waals surface area contributed by atoms with Gasteiger partial charge in [0.1, 0.15) is 0 Å². The first-order chi connectivity index (χ1) is 8.00. The third-order valence-electron chi connectivity index (χ3n) is 3.06. The number of hydrogen-bond donors (Lipinski definition) is 1. The Bertz CT molecular complexity index is 378. The van der Waals surface area contributed by atoms with Crippen molar-refractivity contribution < 1.29 is 9.84 Å². The molecule has 0 saturated carbocycles. The normalized spacial score (nSPS) is 33.6. The molecule has 1 aliphatic rings. The molecule has 0 bridgehead atoms. The van der Waals surface area contributed by atoms with Crippen LogP contribution in [-0.4, -0.2) is 21.2 Å². The van der Waals surface area contributed by atoms with Crippen LogP contribution < -0.4 is 0 Å². The summed E-state index contributed by atoms with van der Waals surface area (Å²) in [6, 6.07) is 7.67. The Labute approximate surface area is 120 Å². The minimum absolute atomic E-state index is 0.0317. The van der Waals surface area contributed by atoms with E-state index in [0.29, 0.717) is 12.8 Å². The Balaban J connectivity index is 2.17. The summed E-state index contributed by atoms with van der Waals surface area (Å²) in [5.41, 5.74) is 0.447. The molecule has 0 radical (unpaired) electrons. The van der Waals surface area contributed by atoms with Crippen molar-refractivity contribution in [2.75, 3.05) is 4.43 Å². The fourth-order valence-corrected chi connectivity index (χ4v) is 2.91. The van der Waals surface area contributed by atoms with Crippen molar-refractivity contribution in [1.82, 2.24) is 0 Å². The van der Waals surface area contributed by atoms with Crippen molar-refractivity contribution in [3.05, 3.63) is 34.9 Å². The summed E-state index contributed by atoms with van der Waals surface area (Å²) in [6.07, 6.45) is 1.44. The van der Waals surface area contributed by atoms with Crippen LogP contribution in [0.5, 0.6) is 0 Å². The van der Waals surface area contributed by atoms with E-state index in [-0.39, 0.29) is 12.2 Å². The molecule has 2 nitrogen and oxygen atoms in total. The van der Waals surface area contributed by atoms with Gasteiger partial charge in [0.2, 0.25) is 0 Å². The van der Waals surface area contributed by atoms with E-state index in [2.05, 4.69) is 22.6 Å². The molecule has 0 amide bonds. The first-order valence-corrected chi connectivity index (χ1v) is 7.60. The minimum atomic E-state index is -0.640. The molecule has 1 aromatic rings. The maximum atomic E-state index is 10.3. The van der Waals surface area contributed by atoms with Gasteiger partial charge in [0.05, 0.1) is 17.8 Å². The summed E-state index contributed by atoms with van der Waals surface area (Å²) >= 11 is 8.17. The molecule has 1 aromatic carbocycles. The third kappa shape index (κ3) is 3.56. The zero-order valence-corrected chi connectivity index (χ0v) is 12.6. The van der Waals surface area contributed by atoms with E-state index in [9.17, 15) is 5.11 Å². The molecular formula is C13H16ClIO2. The molecule has 0 spiro atoms. The summed E-state index contributed by atoms with van der Waals surface area (Å²) in [4.78, 5) is 0. The summed E-state index contributed by atoms with van der Waals surface area (Å²) < 4.78 is 6.89. The van der Waals surface area contributed by atoms with E-state index in [1.54, 1.807) is 0 Å². The van der Waals surface area contributed by atoms with Gasteiger partial charge in [0, 0.05) is 22.3 Å². The number of aliphatic hydroxyl groups is 1. The highest BCUT2D eigenvalue weighted by Gasteiger charge is 2.36. The van der Waals surface area contributed by atoms with Crippen molar-refractivity contribution >= 4 is 34.2 Å². The SMILES string of the molecule is C[C@]1(O)C[C@@H](CI)O[C@@H](c2ccc(Cl)cc2)C1. The second kappa shape index (κ2) is 5.43. The van der Waals surface area contributed by atoms with Crippen LogP contribution in [-0.2, 0) is 4.74 Å². The van der Waals surface area contributed by atoms with E-state index in [1.807, 2.05) is 31.2 Å². The molecule has 1 saturated heterocycles. The van der Waals surface area contributed by atoms with Crippen LogP contribution in [0.3, 0.4) is 0 Å². The van der Waals surface area contributed by atoms with Crippen molar-refractivity contribution in [2.45, 2.75) is 37.6 Å². The highest BCUT2D eigenvalue weighted by atomic mass is 127. The Kier molecular flexibility index (Phi) is 4.34. The highest BCUT2D eigenvalue weighted by molar-refractivity contribution is 14.1. The maximum absolute atomic E-state index is 10.3. The first-order valence-electron chi connectivity index (χ1n) is 5.69. The van der Waals surface area contributed by atoms with Crippen LogP contribution in [0.15, 0.2) is 24.3 Å². The molecular weight excluding hydrogens is 350 g/mol. The van der Waals surface area contributed by atoms with Gasteiger partial charge in [-0.25, -0.2) is 0 Å². The first kappa shape index (κ1) is 13.6. The van der Waals surface area contributed by atoms with Crippen LogP contribution in [0.4, 0.5) is 0 Å². The largest absolute Gasteiger partial charge is 0.390 e. The molecule has 3 atom stereocenters. The zero-order chi connectivity index (χ0) is 12.5. The van der Waals surface area contributed by atoms with E-state index in [0.717, 1.165) is 15.0 Å². The Morgan fingerprint density at radius 3 is 2.65 bits per heavy atom. The van der Waals surface area contributed by atoms with Gasteiger partial charge in [0.25, 0.3) is 0 Å². The highest BCUT2D eigenvalue weighted by Crippen LogP contribution is 2.37. The molecule has 0 unspecified atom stereocenters. The third-order valence-corrected chi connectivity index (χ3v) is 4.30. The van der Waals surface area contributed by atoms with Crippen molar-refractivity contribution in [2.24, 2.45) is 0 Å². The smallest absolute Gasteiger partial charge is 0.0856 e. The van der Waals surface area contributed by atoms with Gasteiger partial charge in [-0.3, -0.25) is 0 Å². The molecule has 1 N–H and O–H groups in total. The fourth-order valence-electron chi connectivity index (χ4n) is 2.27. The number of rotatable bonds is 2. The van der Waals surface area contributed by atoms with Gasteiger partial charge in [-0.2, -0.15) is 0 Å². The predicted octanol–water partition coefficient (Wildman–Crippen LogP) is 3.75. The summed E-state index contributed by atoms with van der Waals surface area (Å²) in [5, 5.41) is 11.0. The number of halogens is 2. The standard InChI is InChI=1S/C13H16ClIO2/c1-13(16)6-11(8-15)17-12(7-13)9-2-4-10(14)5-3-9/h2-5,11-12,16H,6-8H2,1H3/t11-,12+,13-/m0/s1. The van der Waals surface area contributed by atoms with Crippen molar-refractivity contribution in [3.8, 4) is 0 Å². The molecule has 0 aromatic heterocycles. The average molecular weight is 367 g/mol. The predicted molar refractivity (Wildman–Crippen MR) is 77.8 cm³/mol. The minimum Gasteiger partial charge on any atom is -0.390 e.